The van der Waals surface area contributed by atoms with Crippen LogP contribution in [0.5, 0.6) is 5.75 Å². The van der Waals surface area contributed by atoms with Gasteiger partial charge in [-0.2, -0.15) is 0 Å². The van der Waals surface area contributed by atoms with Gasteiger partial charge >= 0.3 is 11.6 Å². The Balaban J connectivity index is 1.87. The minimum Gasteiger partial charge on any atom is -0.508 e. The molecule has 3 aromatic rings. The van der Waals surface area contributed by atoms with Crippen molar-refractivity contribution in [3.8, 4) is 5.75 Å². The highest BCUT2D eigenvalue weighted by Crippen LogP contribution is 2.28. The Morgan fingerprint density at radius 3 is 2.62 bits per heavy atom. The normalized spacial score (nSPS) is 12.1. The lowest BCUT2D eigenvalue weighted by Gasteiger charge is -2.15. The van der Waals surface area contributed by atoms with Gasteiger partial charge in [-0.25, -0.2) is 4.79 Å². The van der Waals surface area contributed by atoms with Crippen molar-refractivity contribution >= 4 is 16.9 Å². The number of hydrogen-bond acceptors (Lipinski definition) is 5. The van der Waals surface area contributed by atoms with E-state index in [1.165, 1.54) is 12.1 Å². The summed E-state index contributed by atoms with van der Waals surface area (Å²) in [4.78, 5) is 24.4. The summed E-state index contributed by atoms with van der Waals surface area (Å²) in [5, 5.41) is 10.4. The van der Waals surface area contributed by atoms with E-state index in [0.29, 0.717) is 28.5 Å². The molecule has 2 aromatic carbocycles. The quantitative estimate of drug-likeness (QED) is 0.554. The van der Waals surface area contributed by atoms with Crippen LogP contribution in [0, 0.1) is 6.92 Å². The number of hydrogen-bond donors (Lipinski definition) is 1. The summed E-state index contributed by atoms with van der Waals surface area (Å²) in [6, 6.07) is 14.0. The van der Waals surface area contributed by atoms with Crippen LogP contribution < -0.4 is 5.63 Å². The molecule has 0 aliphatic heterocycles. The van der Waals surface area contributed by atoms with Crippen LogP contribution in [-0.2, 0) is 16.1 Å². The molecule has 3 rings (SSSR count). The zero-order chi connectivity index (χ0) is 18.7. The number of benzene rings is 2. The lowest BCUT2D eigenvalue weighted by molar-refractivity contribution is -0.146. The Labute approximate surface area is 150 Å². The van der Waals surface area contributed by atoms with E-state index in [-0.39, 0.29) is 24.2 Å². The Bertz CT molecular complexity index is 988. The number of esters is 1. The van der Waals surface area contributed by atoms with Crippen molar-refractivity contribution in [2.45, 2.75) is 32.8 Å². The molecule has 0 saturated heterocycles. The molecule has 0 aliphatic rings. The minimum absolute atomic E-state index is 0.0333. The van der Waals surface area contributed by atoms with Gasteiger partial charge in [0.2, 0.25) is 0 Å². The fourth-order valence-corrected chi connectivity index (χ4v) is 3.01. The average Bonchev–Trinajstić information content (AvgIpc) is 2.64. The first-order chi connectivity index (χ1) is 12.5. The highest BCUT2D eigenvalue weighted by molar-refractivity contribution is 5.85. The van der Waals surface area contributed by atoms with Gasteiger partial charge in [0.25, 0.3) is 0 Å². The van der Waals surface area contributed by atoms with Gasteiger partial charge in [-0.3, -0.25) is 4.79 Å². The fraction of sp³-hybridized carbons (Fsp3) is 0.238. The molecule has 1 heterocycles. The lowest BCUT2D eigenvalue weighted by Crippen LogP contribution is -2.16. The van der Waals surface area contributed by atoms with Crippen molar-refractivity contribution in [3.63, 3.8) is 0 Å². The highest BCUT2D eigenvalue weighted by Gasteiger charge is 2.21. The maximum Gasteiger partial charge on any atom is 0.336 e. The summed E-state index contributed by atoms with van der Waals surface area (Å²) in [5.41, 5.74) is 1.68. The molecular weight excluding hydrogens is 332 g/mol. The Kier molecular flexibility index (Phi) is 5.07. The standard InChI is InChI=1S/C21H20O5/c1-3-16(14-7-5-4-6-8-14)21(24)25-12-15-11-19(23)26-20-13(2)18(22)10-9-17(15)20/h4-11,16,22H,3,12H2,1-2H3/t16-/m0/s1. The van der Waals surface area contributed by atoms with Gasteiger partial charge in [-0.05, 0) is 31.0 Å². The molecule has 0 fully saturated rings. The van der Waals surface area contributed by atoms with Gasteiger partial charge in [0.05, 0.1) is 5.92 Å². The average molecular weight is 352 g/mol. The topological polar surface area (TPSA) is 76.7 Å². The van der Waals surface area contributed by atoms with E-state index in [0.717, 1.165) is 5.56 Å². The van der Waals surface area contributed by atoms with E-state index >= 15 is 0 Å². The first-order valence-electron chi connectivity index (χ1n) is 8.48. The Morgan fingerprint density at radius 1 is 1.19 bits per heavy atom. The van der Waals surface area contributed by atoms with Crippen molar-refractivity contribution < 1.29 is 19.1 Å². The molecule has 0 bridgehead atoms. The van der Waals surface area contributed by atoms with Crippen LogP contribution in [0.2, 0.25) is 0 Å². The van der Waals surface area contributed by atoms with Crippen LogP contribution in [0.3, 0.4) is 0 Å². The molecule has 1 N–H and O–H groups in total. The number of phenols is 1. The van der Waals surface area contributed by atoms with E-state index < -0.39 is 5.63 Å². The smallest absolute Gasteiger partial charge is 0.336 e. The predicted octanol–water partition coefficient (Wildman–Crippen LogP) is 4.04. The van der Waals surface area contributed by atoms with Gasteiger partial charge in [-0.15, -0.1) is 0 Å². The number of rotatable bonds is 5. The van der Waals surface area contributed by atoms with Gasteiger partial charge in [0, 0.05) is 22.6 Å². The van der Waals surface area contributed by atoms with Crippen LogP contribution >= 0.6 is 0 Å². The number of phenolic OH excluding ortho intramolecular Hbond substituents is 1. The second-order valence-corrected chi connectivity index (χ2v) is 6.16. The van der Waals surface area contributed by atoms with Crippen LogP contribution in [-0.4, -0.2) is 11.1 Å². The molecule has 1 aromatic heterocycles. The zero-order valence-corrected chi connectivity index (χ0v) is 14.7. The molecule has 5 nitrogen and oxygen atoms in total. The Morgan fingerprint density at radius 2 is 1.92 bits per heavy atom. The number of aryl methyl sites for hydroxylation is 1. The van der Waals surface area contributed by atoms with Crippen LogP contribution in [0.4, 0.5) is 0 Å². The lowest BCUT2D eigenvalue weighted by atomic mass is 9.97. The molecule has 0 spiro atoms. The summed E-state index contributed by atoms with van der Waals surface area (Å²) in [6.45, 7) is 3.56. The zero-order valence-electron chi connectivity index (χ0n) is 14.7. The van der Waals surface area contributed by atoms with Crippen molar-refractivity contribution in [2.75, 3.05) is 0 Å². The van der Waals surface area contributed by atoms with Crippen LogP contribution in [0.1, 0.15) is 36.0 Å². The summed E-state index contributed by atoms with van der Waals surface area (Å²) in [7, 11) is 0. The third-order valence-electron chi connectivity index (χ3n) is 4.48. The van der Waals surface area contributed by atoms with E-state index in [2.05, 4.69) is 0 Å². The van der Waals surface area contributed by atoms with Crippen molar-refractivity contribution in [3.05, 3.63) is 75.6 Å². The molecule has 0 radical (unpaired) electrons. The van der Waals surface area contributed by atoms with E-state index in [1.807, 2.05) is 37.3 Å². The van der Waals surface area contributed by atoms with E-state index in [1.54, 1.807) is 13.0 Å². The van der Waals surface area contributed by atoms with E-state index in [4.69, 9.17) is 9.15 Å². The molecular formula is C21H20O5. The summed E-state index contributed by atoms with van der Waals surface area (Å²) >= 11 is 0. The largest absolute Gasteiger partial charge is 0.508 e. The van der Waals surface area contributed by atoms with E-state index in [9.17, 15) is 14.7 Å². The van der Waals surface area contributed by atoms with Gasteiger partial charge in [-0.1, -0.05) is 37.3 Å². The first kappa shape index (κ1) is 17.7. The van der Waals surface area contributed by atoms with Gasteiger partial charge < -0.3 is 14.3 Å². The molecule has 1 atom stereocenters. The van der Waals surface area contributed by atoms with Crippen LogP contribution in [0.25, 0.3) is 11.0 Å². The molecule has 134 valence electrons. The highest BCUT2D eigenvalue weighted by atomic mass is 16.5. The van der Waals surface area contributed by atoms with Crippen molar-refractivity contribution in [1.29, 1.82) is 0 Å². The van der Waals surface area contributed by atoms with Gasteiger partial charge in [0.1, 0.15) is 17.9 Å². The fourth-order valence-electron chi connectivity index (χ4n) is 3.01. The second kappa shape index (κ2) is 7.44. The number of aromatic hydroxyl groups is 1. The maximum atomic E-state index is 12.5. The number of carbonyl (C=O) groups excluding carboxylic acids is 1. The number of fused-ring (bicyclic) bond motifs is 1. The summed E-state index contributed by atoms with van der Waals surface area (Å²) < 4.78 is 10.7. The SMILES string of the molecule is CC[C@H](C(=O)OCc1cc(=O)oc2c(C)c(O)ccc12)c1ccccc1. The third kappa shape index (κ3) is 3.47. The number of ether oxygens (including phenoxy) is 1. The molecule has 5 heteroatoms. The molecule has 0 amide bonds. The van der Waals surface area contributed by atoms with Gasteiger partial charge in [0.15, 0.2) is 0 Å². The first-order valence-corrected chi connectivity index (χ1v) is 8.48. The molecule has 0 aliphatic carbocycles. The molecule has 26 heavy (non-hydrogen) atoms. The second-order valence-electron chi connectivity index (χ2n) is 6.16. The summed E-state index contributed by atoms with van der Waals surface area (Å²) in [5.74, 6) is -0.645. The maximum absolute atomic E-state index is 12.5. The predicted molar refractivity (Wildman–Crippen MR) is 98.2 cm³/mol. The molecule has 0 unspecified atom stereocenters. The Hall–Kier alpha value is -3.08. The monoisotopic (exact) mass is 352 g/mol. The minimum atomic E-state index is -0.549. The van der Waals surface area contributed by atoms with Crippen molar-refractivity contribution in [1.82, 2.24) is 0 Å². The summed E-state index contributed by atoms with van der Waals surface area (Å²) in [6.07, 6.45) is 0.619. The van der Waals surface area contributed by atoms with Crippen LogP contribution in [0.15, 0.2) is 57.7 Å². The number of carbonyl (C=O) groups is 1. The molecule has 0 saturated carbocycles. The third-order valence-corrected chi connectivity index (χ3v) is 4.48. The van der Waals surface area contributed by atoms with Crippen molar-refractivity contribution in [2.24, 2.45) is 0 Å².